The Morgan fingerprint density at radius 1 is 1.33 bits per heavy atom. The molecule has 0 fully saturated rings. The summed E-state index contributed by atoms with van der Waals surface area (Å²) in [5.74, 6) is 0.328. The fourth-order valence-electron chi connectivity index (χ4n) is 1.78. The molecule has 0 aliphatic heterocycles. The van der Waals surface area contributed by atoms with Gasteiger partial charge in [0.25, 0.3) is 0 Å². The van der Waals surface area contributed by atoms with Crippen molar-refractivity contribution in [2.75, 3.05) is 13.7 Å². The lowest BCUT2D eigenvalue weighted by atomic mass is 9.97. The molecule has 0 aromatic heterocycles. The highest BCUT2D eigenvalue weighted by Crippen LogP contribution is 2.23. The summed E-state index contributed by atoms with van der Waals surface area (Å²) in [7, 11) is 1.56. The van der Waals surface area contributed by atoms with Crippen LogP contribution in [0.1, 0.15) is 30.5 Å². The van der Waals surface area contributed by atoms with Gasteiger partial charge in [-0.3, -0.25) is 4.79 Å². The van der Waals surface area contributed by atoms with Crippen LogP contribution < -0.4 is 4.74 Å². The van der Waals surface area contributed by atoms with Gasteiger partial charge < -0.3 is 9.47 Å². The summed E-state index contributed by atoms with van der Waals surface area (Å²) in [6.07, 6.45) is 0.816. The third-order valence-corrected chi connectivity index (χ3v) is 2.64. The Kier molecular flexibility index (Phi) is 5.19. The monoisotopic (exact) mass is 247 g/mol. The van der Waals surface area contributed by atoms with Gasteiger partial charge in [-0.15, -0.1) is 0 Å². The first-order valence-electron chi connectivity index (χ1n) is 5.91. The molecule has 4 heteroatoms. The molecule has 0 atom stereocenters. The number of aryl methyl sites for hydroxylation is 1. The first-order valence-corrected chi connectivity index (χ1v) is 5.91. The van der Waals surface area contributed by atoms with Crippen molar-refractivity contribution >= 4 is 5.97 Å². The second kappa shape index (κ2) is 6.65. The van der Waals surface area contributed by atoms with Crippen molar-refractivity contribution < 1.29 is 14.3 Å². The number of ether oxygens (including phenoxy) is 2. The number of hydrogen-bond acceptors (Lipinski definition) is 4. The zero-order valence-corrected chi connectivity index (χ0v) is 10.9. The molecule has 0 N–H and O–H groups in total. The first-order chi connectivity index (χ1) is 8.65. The number of nitrogens with zero attached hydrogens (tertiary/aromatic N) is 1. The van der Waals surface area contributed by atoms with Crippen LogP contribution in [0.2, 0.25) is 0 Å². The largest absolute Gasteiger partial charge is 0.497 e. The summed E-state index contributed by atoms with van der Waals surface area (Å²) < 4.78 is 10.1. The molecule has 0 bridgehead atoms. The van der Waals surface area contributed by atoms with Crippen LogP contribution in [0.15, 0.2) is 12.1 Å². The molecule has 0 heterocycles. The number of carbonyl (C=O) groups is 1. The SMILES string of the molecule is CCOC(=O)Cc1cc(OC)cc(CC)c1C#N. The van der Waals surface area contributed by atoms with E-state index in [1.54, 1.807) is 20.1 Å². The minimum absolute atomic E-state index is 0.0981. The lowest BCUT2D eigenvalue weighted by molar-refractivity contribution is -0.142. The Morgan fingerprint density at radius 3 is 2.50 bits per heavy atom. The van der Waals surface area contributed by atoms with Gasteiger partial charge in [-0.25, -0.2) is 0 Å². The van der Waals surface area contributed by atoms with Crippen molar-refractivity contribution in [2.45, 2.75) is 26.7 Å². The molecule has 1 aromatic rings. The summed E-state index contributed by atoms with van der Waals surface area (Å²) in [5, 5.41) is 9.19. The maximum Gasteiger partial charge on any atom is 0.310 e. The van der Waals surface area contributed by atoms with Crippen LogP contribution in [0.4, 0.5) is 0 Å². The summed E-state index contributed by atoms with van der Waals surface area (Å²) in [6.45, 7) is 4.06. The van der Waals surface area contributed by atoms with Gasteiger partial charge in [-0.1, -0.05) is 6.92 Å². The van der Waals surface area contributed by atoms with E-state index < -0.39 is 0 Å². The molecule has 1 aromatic carbocycles. The van der Waals surface area contributed by atoms with Crippen LogP contribution in [0.25, 0.3) is 0 Å². The third kappa shape index (κ3) is 3.24. The third-order valence-electron chi connectivity index (χ3n) is 2.64. The summed E-state index contributed by atoms with van der Waals surface area (Å²) >= 11 is 0. The Morgan fingerprint density at radius 2 is 2.00 bits per heavy atom. The first kappa shape index (κ1) is 14.0. The summed E-state index contributed by atoms with van der Waals surface area (Å²) in [5.41, 5.74) is 2.09. The maximum atomic E-state index is 11.5. The van der Waals surface area contributed by atoms with Gasteiger partial charge in [0.1, 0.15) is 5.75 Å². The molecule has 18 heavy (non-hydrogen) atoms. The minimum Gasteiger partial charge on any atom is -0.497 e. The van der Waals surface area contributed by atoms with E-state index in [2.05, 4.69) is 6.07 Å². The smallest absolute Gasteiger partial charge is 0.310 e. The maximum absolute atomic E-state index is 11.5. The topological polar surface area (TPSA) is 59.3 Å². The average molecular weight is 247 g/mol. The molecule has 0 spiro atoms. The van der Waals surface area contributed by atoms with Gasteiger partial charge in [0.05, 0.1) is 31.8 Å². The molecule has 4 nitrogen and oxygen atoms in total. The normalized spacial score (nSPS) is 9.67. The molecule has 0 saturated heterocycles. The van der Waals surface area contributed by atoms with Crippen molar-refractivity contribution in [3.8, 4) is 11.8 Å². The van der Waals surface area contributed by atoms with Gasteiger partial charge in [0.2, 0.25) is 0 Å². The predicted molar refractivity (Wildman–Crippen MR) is 67.4 cm³/mol. The molecule has 0 radical (unpaired) electrons. The number of hydrogen-bond donors (Lipinski definition) is 0. The van der Waals surface area contributed by atoms with Gasteiger partial charge in [0, 0.05) is 0 Å². The van der Waals surface area contributed by atoms with Crippen LogP contribution >= 0.6 is 0 Å². The molecule has 0 amide bonds. The average Bonchev–Trinajstić information content (AvgIpc) is 2.37. The highest BCUT2D eigenvalue weighted by molar-refractivity contribution is 5.74. The number of methoxy groups -OCH3 is 1. The van der Waals surface area contributed by atoms with Gasteiger partial charge in [-0.2, -0.15) is 5.26 Å². The molecule has 0 unspecified atom stereocenters. The number of nitriles is 1. The molecule has 0 aliphatic carbocycles. The van der Waals surface area contributed by atoms with Gasteiger partial charge in [0.15, 0.2) is 0 Å². The van der Waals surface area contributed by atoms with Crippen LogP contribution in [0.3, 0.4) is 0 Å². The molecular formula is C14H17NO3. The summed E-state index contributed by atoms with van der Waals surface area (Å²) in [6, 6.07) is 5.69. The fourth-order valence-corrected chi connectivity index (χ4v) is 1.78. The van der Waals surface area contributed by atoms with E-state index in [9.17, 15) is 10.1 Å². The van der Waals surface area contributed by atoms with E-state index >= 15 is 0 Å². The lowest BCUT2D eigenvalue weighted by Crippen LogP contribution is -2.10. The Hall–Kier alpha value is -2.02. The predicted octanol–water partition coefficient (Wildman–Crippen LogP) is 2.23. The zero-order chi connectivity index (χ0) is 13.5. The van der Waals surface area contributed by atoms with Crippen LogP contribution in [0.5, 0.6) is 5.75 Å². The Bertz CT molecular complexity index is 475. The van der Waals surface area contributed by atoms with Crippen molar-refractivity contribution in [1.29, 1.82) is 5.26 Å². The quantitative estimate of drug-likeness (QED) is 0.749. The van der Waals surface area contributed by atoms with Crippen molar-refractivity contribution in [2.24, 2.45) is 0 Å². The fraction of sp³-hybridized carbons (Fsp3) is 0.429. The van der Waals surface area contributed by atoms with Crippen LogP contribution in [0, 0.1) is 11.3 Å². The molecule has 0 aliphatic rings. The Labute approximate surface area is 107 Å². The molecule has 0 saturated carbocycles. The van der Waals surface area contributed by atoms with E-state index in [1.165, 1.54) is 0 Å². The molecule has 96 valence electrons. The number of carbonyl (C=O) groups excluding carboxylic acids is 1. The van der Waals surface area contributed by atoms with Gasteiger partial charge >= 0.3 is 5.97 Å². The second-order valence-electron chi connectivity index (χ2n) is 3.77. The Balaban J connectivity index is 3.15. The van der Waals surface area contributed by atoms with E-state index in [4.69, 9.17) is 9.47 Å². The van der Waals surface area contributed by atoms with E-state index in [0.29, 0.717) is 23.5 Å². The zero-order valence-electron chi connectivity index (χ0n) is 10.9. The second-order valence-corrected chi connectivity index (χ2v) is 3.77. The van der Waals surface area contributed by atoms with E-state index in [1.807, 2.05) is 13.0 Å². The minimum atomic E-state index is -0.329. The standard InChI is InChI=1S/C14H17NO3/c1-4-10-6-12(17-3)7-11(13(10)9-15)8-14(16)18-5-2/h6-7H,4-5,8H2,1-3H3. The molecular weight excluding hydrogens is 230 g/mol. The molecule has 1 rings (SSSR count). The van der Waals surface area contributed by atoms with E-state index in [0.717, 1.165) is 12.0 Å². The van der Waals surface area contributed by atoms with Crippen molar-refractivity contribution in [3.05, 3.63) is 28.8 Å². The van der Waals surface area contributed by atoms with Crippen molar-refractivity contribution in [1.82, 2.24) is 0 Å². The lowest BCUT2D eigenvalue weighted by Gasteiger charge is -2.11. The number of benzene rings is 1. The highest BCUT2D eigenvalue weighted by atomic mass is 16.5. The van der Waals surface area contributed by atoms with E-state index in [-0.39, 0.29) is 12.4 Å². The summed E-state index contributed by atoms with van der Waals surface area (Å²) in [4.78, 5) is 11.5. The van der Waals surface area contributed by atoms with Crippen LogP contribution in [-0.2, 0) is 22.4 Å². The van der Waals surface area contributed by atoms with Crippen molar-refractivity contribution in [3.63, 3.8) is 0 Å². The highest BCUT2D eigenvalue weighted by Gasteiger charge is 2.14. The number of esters is 1. The van der Waals surface area contributed by atoms with Gasteiger partial charge in [-0.05, 0) is 36.6 Å². The van der Waals surface area contributed by atoms with Crippen LogP contribution in [-0.4, -0.2) is 19.7 Å². The number of rotatable bonds is 5.